The lowest BCUT2D eigenvalue weighted by Gasteiger charge is -2.23. The summed E-state index contributed by atoms with van der Waals surface area (Å²) < 4.78 is 0. The van der Waals surface area contributed by atoms with Crippen molar-refractivity contribution in [1.82, 2.24) is 9.99 Å². The van der Waals surface area contributed by atoms with Crippen molar-refractivity contribution >= 4 is 28.9 Å². The van der Waals surface area contributed by atoms with E-state index in [1.165, 1.54) is 5.01 Å². The molecule has 0 radical (unpaired) electrons. The molecule has 102 valence electrons. The molecule has 2 aliphatic rings. The zero-order chi connectivity index (χ0) is 14.1. The molecule has 2 aliphatic heterocycles. The van der Waals surface area contributed by atoms with E-state index in [9.17, 15) is 4.79 Å². The molecule has 1 aromatic rings. The van der Waals surface area contributed by atoms with Gasteiger partial charge < -0.3 is 5.73 Å². The number of carbonyl (C=O) groups excluding carboxylic acids is 1. The summed E-state index contributed by atoms with van der Waals surface area (Å²) in [7, 11) is 0. The van der Waals surface area contributed by atoms with Gasteiger partial charge in [0.2, 0.25) is 0 Å². The molecule has 3 rings (SSSR count). The van der Waals surface area contributed by atoms with E-state index in [1.54, 1.807) is 25.4 Å². The second kappa shape index (κ2) is 4.72. The van der Waals surface area contributed by atoms with Gasteiger partial charge in [-0.05, 0) is 19.1 Å². The number of anilines is 1. The van der Waals surface area contributed by atoms with Gasteiger partial charge in [-0.1, -0.05) is 0 Å². The van der Waals surface area contributed by atoms with E-state index in [4.69, 9.17) is 5.73 Å². The Kier molecular flexibility index (Phi) is 2.90. The topological polar surface area (TPSA) is 108 Å². The fourth-order valence-corrected chi connectivity index (χ4v) is 2.00. The average Bonchev–Trinajstić information content (AvgIpc) is 2.74. The molecule has 1 atom stereocenters. The highest BCUT2D eigenvalue weighted by Gasteiger charge is 2.39. The molecular weight excluding hydrogens is 258 g/mol. The standard InChI is InChI=1S/C12H13N7O/c1-7-5-9(20)19-12(15-7)10(11(13)18-19)17-16-8-3-2-4-14-6-8/h2-4,6,12,16H,5H2,1H3,(H2,13,18)/b17-10+. The van der Waals surface area contributed by atoms with Crippen LogP contribution in [0.25, 0.3) is 0 Å². The zero-order valence-corrected chi connectivity index (χ0v) is 10.8. The lowest BCUT2D eigenvalue weighted by molar-refractivity contribution is -0.131. The van der Waals surface area contributed by atoms with Crippen molar-refractivity contribution in [1.29, 1.82) is 0 Å². The minimum Gasteiger partial charge on any atom is -0.381 e. The third-order valence-electron chi connectivity index (χ3n) is 2.93. The van der Waals surface area contributed by atoms with Gasteiger partial charge in [-0.2, -0.15) is 10.1 Å². The molecule has 8 heteroatoms. The van der Waals surface area contributed by atoms with Crippen LogP contribution in [0.5, 0.6) is 0 Å². The number of nitrogens with two attached hydrogens (primary N) is 1. The number of hydrogen-bond donors (Lipinski definition) is 2. The Hall–Kier alpha value is -2.77. The third-order valence-corrected chi connectivity index (χ3v) is 2.93. The van der Waals surface area contributed by atoms with E-state index in [-0.39, 0.29) is 18.2 Å². The fraction of sp³-hybridized carbons (Fsp3) is 0.250. The predicted molar refractivity (Wildman–Crippen MR) is 75.3 cm³/mol. The van der Waals surface area contributed by atoms with Crippen LogP contribution in [0.3, 0.4) is 0 Å². The lowest BCUT2D eigenvalue weighted by atomic mass is 10.2. The maximum absolute atomic E-state index is 11.8. The summed E-state index contributed by atoms with van der Waals surface area (Å²) in [5.74, 6) is 0.0650. The predicted octanol–water partition coefficient (Wildman–Crippen LogP) is 0.155. The monoisotopic (exact) mass is 271 g/mol. The van der Waals surface area contributed by atoms with E-state index in [2.05, 4.69) is 25.6 Å². The van der Waals surface area contributed by atoms with Crippen molar-refractivity contribution < 1.29 is 4.79 Å². The van der Waals surface area contributed by atoms with Gasteiger partial charge in [-0.15, -0.1) is 5.10 Å². The number of rotatable bonds is 2. The van der Waals surface area contributed by atoms with Crippen molar-refractivity contribution in [2.24, 2.45) is 20.9 Å². The molecular formula is C12H13N7O. The van der Waals surface area contributed by atoms with Gasteiger partial charge in [-0.3, -0.25) is 20.2 Å². The summed E-state index contributed by atoms with van der Waals surface area (Å²) in [4.78, 5) is 20.2. The van der Waals surface area contributed by atoms with Crippen LogP contribution >= 0.6 is 0 Å². The van der Waals surface area contributed by atoms with Crippen LogP contribution in [-0.2, 0) is 4.79 Å². The summed E-state index contributed by atoms with van der Waals surface area (Å²) in [6.45, 7) is 1.80. The lowest BCUT2D eigenvalue weighted by Crippen LogP contribution is -2.42. The number of aromatic nitrogens is 1. The maximum Gasteiger partial charge on any atom is 0.250 e. The van der Waals surface area contributed by atoms with Crippen LogP contribution in [0, 0.1) is 0 Å². The fourth-order valence-electron chi connectivity index (χ4n) is 2.00. The Balaban J connectivity index is 1.88. The van der Waals surface area contributed by atoms with E-state index in [0.29, 0.717) is 11.4 Å². The summed E-state index contributed by atoms with van der Waals surface area (Å²) in [5, 5.41) is 9.47. The molecule has 0 aromatic carbocycles. The molecule has 20 heavy (non-hydrogen) atoms. The SMILES string of the molecule is CC1=NC2/C(=N/Nc3cccnc3)C(N)=NN2C(=O)C1. The van der Waals surface area contributed by atoms with E-state index < -0.39 is 6.17 Å². The maximum atomic E-state index is 11.8. The van der Waals surface area contributed by atoms with Crippen LogP contribution in [0.4, 0.5) is 5.69 Å². The van der Waals surface area contributed by atoms with Crippen LogP contribution in [0.15, 0.2) is 39.7 Å². The van der Waals surface area contributed by atoms with Gasteiger partial charge in [0.05, 0.1) is 18.3 Å². The minimum absolute atomic E-state index is 0.128. The molecule has 0 aliphatic carbocycles. The first kappa shape index (κ1) is 12.3. The number of amidine groups is 1. The third kappa shape index (κ3) is 2.11. The normalized spacial score (nSPS) is 23.4. The highest BCUT2D eigenvalue weighted by atomic mass is 16.2. The van der Waals surface area contributed by atoms with Crippen molar-refractivity contribution in [3.8, 4) is 0 Å². The van der Waals surface area contributed by atoms with Gasteiger partial charge in [0.25, 0.3) is 5.91 Å². The Bertz CT molecular complexity index is 634. The molecule has 3 heterocycles. The Labute approximate surface area is 115 Å². The van der Waals surface area contributed by atoms with Crippen molar-refractivity contribution in [2.75, 3.05) is 5.43 Å². The van der Waals surface area contributed by atoms with Gasteiger partial charge in [0, 0.05) is 11.9 Å². The number of hydrazone groups is 2. The summed E-state index contributed by atoms with van der Waals surface area (Å²) >= 11 is 0. The number of aliphatic imine (C=N–C) groups is 1. The van der Waals surface area contributed by atoms with E-state index in [0.717, 1.165) is 5.71 Å². The first-order valence-electron chi connectivity index (χ1n) is 6.08. The second-order valence-electron chi connectivity index (χ2n) is 4.49. The van der Waals surface area contributed by atoms with Gasteiger partial charge in [-0.25, -0.2) is 0 Å². The number of carbonyl (C=O) groups is 1. The van der Waals surface area contributed by atoms with Crippen molar-refractivity contribution in [2.45, 2.75) is 19.5 Å². The largest absolute Gasteiger partial charge is 0.381 e. The smallest absolute Gasteiger partial charge is 0.250 e. The minimum atomic E-state index is -0.569. The first-order valence-corrected chi connectivity index (χ1v) is 6.08. The molecule has 1 unspecified atom stereocenters. The van der Waals surface area contributed by atoms with Crippen LogP contribution < -0.4 is 11.2 Å². The number of nitrogens with one attached hydrogen (secondary N) is 1. The molecule has 0 bridgehead atoms. The molecule has 8 nitrogen and oxygen atoms in total. The molecule has 1 aromatic heterocycles. The van der Waals surface area contributed by atoms with Crippen LogP contribution in [0.1, 0.15) is 13.3 Å². The van der Waals surface area contributed by atoms with Crippen LogP contribution in [0.2, 0.25) is 0 Å². The molecule has 0 saturated carbocycles. The summed E-state index contributed by atoms with van der Waals surface area (Å²) in [6, 6.07) is 3.60. The average molecular weight is 271 g/mol. The highest BCUT2D eigenvalue weighted by molar-refractivity contribution is 6.45. The van der Waals surface area contributed by atoms with Gasteiger partial charge in [0.15, 0.2) is 17.7 Å². The van der Waals surface area contributed by atoms with Gasteiger partial charge in [0.1, 0.15) is 0 Å². The van der Waals surface area contributed by atoms with Gasteiger partial charge >= 0.3 is 0 Å². The molecule has 0 saturated heterocycles. The Morgan fingerprint density at radius 1 is 1.55 bits per heavy atom. The number of fused-ring (bicyclic) bond motifs is 1. The summed E-state index contributed by atoms with van der Waals surface area (Å²) in [5.41, 5.74) is 10.5. The number of nitrogens with zero attached hydrogens (tertiary/aromatic N) is 5. The first-order chi connectivity index (χ1) is 9.65. The number of amides is 1. The van der Waals surface area contributed by atoms with Crippen LogP contribution in [-0.4, -0.2) is 39.3 Å². The molecule has 0 spiro atoms. The number of pyridine rings is 1. The highest BCUT2D eigenvalue weighted by Crippen LogP contribution is 2.20. The number of hydrogen-bond acceptors (Lipinski definition) is 7. The molecule has 0 fully saturated rings. The van der Waals surface area contributed by atoms with E-state index >= 15 is 0 Å². The Morgan fingerprint density at radius 3 is 3.15 bits per heavy atom. The summed E-state index contributed by atoms with van der Waals surface area (Å²) in [6.07, 6.45) is 2.99. The van der Waals surface area contributed by atoms with E-state index in [1.807, 2.05) is 6.07 Å². The van der Waals surface area contributed by atoms with Crippen molar-refractivity contribution in [3.63, 3.8) is 0 Å². The second-order valence-corrected chi connectivity index (χ2v) is 4.49. The van der Waals surface area contributed by atoms with Crippen molar-refractivity contribution in [3.05, 3.63) is 24.5 Å². The zero-order valence-electron chi connectivity index (χ0n) is 10.8. The quantitative estimate of drug-likeness (QED) is 0.746. The molecule has 3 N–H and O–H groups in total. The Morgan fingerprint density at radius 2 is 2.40 bits per heavy atom. The molecule has 1 amide bonds.